The maximum atomic E-state index is 13.4. The number of nitrogens with one attached hydrogen (secondary N) is 2. The van der Waals surface area contributed by atoms with Gasteiger partial charge < -0.3 is 24.6 Å². The van der Waals surface area contributed by atoms with Crippen molar-refractivity contribution in [3.63, 3.8) is 0 Å². The number of halogens is 1. The second-order valence-corrected chi connectivity index (χ2v) is 6.46. The number of nitrogens with zero attached hydrogens (tertiary/aromatic N) is 3. The van der Waals surface area contributed by atoms with Gasteiger partial charge >= 0.3 is 0 Å². The van der Waals surface area contributed by atoms with Crippen molar-refractivity contribution in [1.82, 2.24) is 20.2 Å². The van der Waals surface area contributed by atoms with E-state index >= 15 is 0 Å². The number of aromatic amines is 1. The molecule has 0 saturated carbocycles. The van der Waals surface area contributed by atoms with Gasteiger partial charge in [0.25, 0.3) is 0 Å². The molecule has 0 aliphatic rings. The summed E-state index contributed by atoms with van der Waals surface area (Å²) in [7, 11) is 1.54. The standard InChI is InChI=1S/C21H20FN5O4/c1-29-17-10-15(5-6-16(17)31-11-13-3-2-4-14(22)9-13)25-19-18-20(24-12-23-19)26-27-21(18)30-8-7-28/h2-6,9-10,12,28H,7-8,11H2,1H3,(H2,23,24,25,26,27). The summed E-state index contributed by atoms with van der Waals surface area (Å²) in [4.78, 5) is 8.41. The summed E-state index contributed by atoms with van der Waals surface area (Å²) >= 11 is 0. The van der Waals surface area contributed by atoms with Crippen LogP contribution in [0.4, 0.5) is 15.9 Å². The largest absolute Gasteiger partial charge is 0.493 e. The topological polar surface area (TPSA) is 114 Å². The van der Waals surface area contributed by atoms with Crippen molar-refractivity contribution < 1.29 is 23.7 Å². The Morgan fingerprint density at radius 1 is 1.10 bits per heavy atom. The first kappa shape index (κ1) is 20.4. The van der Waals surface area contributed by atoms with Gasteiger partial charge in [-0.05, 0) is 29.8 Å². The fourth-order valence-corrected chi connectivity index (χ4v) is 2.96. The third kappa shape index (κ3) is 4.64. The van der Waals surface area contributed by atoms with Crippen LogP contribution in [0, 0.1) is 5.82 Å². The Hall–Kier alpha value is -3.92. The van der Waals surface area contributed by atoms with Crippen molar-refractivity contribution >= 4 is 22.5 Å². The van der Waals surface area contributed by atoms with Gasteiger partial charge in [0.1, 0.15) is 36.6 Å². The quantitative estimate of drug-likeness (QED) is 0.375. The number of aromatic nitrogens is 4. The Kier molecular flexibility index (Phi) is 6.08. The van der Waals surface area contributed by atoms with Crippen molar-refractivity contribution in [2.75, 3.05) is 25.6 Å². The Morgan fingerprint density at radius 2 is 2.00 bits per heavy atom. The van der Waals surface area contributed by atoms with Crippen LogP contribution in [0.2, 0.25) is 0 Å². The van der Waals surface area contributed by atoms with Gasteiger partial charge in [0.15, 0.2) is 17.1 Å². The van der Waals surface area contributed by atoms with Gasteiger partial charge in [0.2, 0.25) is 5.88 Å². The van der Waals surface area contributed by atoms with E-state index in [0.29, 0.717) is 39.6 Å². The van der Waals surface area contributed by atoms with Crippen LogP contribution in [-0.2, 0) is 6.61 Å². The van der Waals surface area contributed by atoms with Gasteiger partial charge in [-0.3, -0.25) is 5.10 Å². The summed E-state index contributed by atoms with van der Waals surface area (Å²) in [5, 5.41) is 19.6. The van der Waals surface area contributed by atoms with E-state index in [0.717, 1.165) is 0 Å². The molecule has 0 fully saturated rings. The molecule has 4 aromatic rings. The molecule has 0 aliphatic carbocycles. The zero-order valence-corrected chi connectivity index (χ0v) is 16.6. The first-order chi connectivity index (χ1) is 15.2. The summed E-state index contributed by atoms with van der Waals surface area (Å²) in [5.74, 6) is 1.46. The van der Waals surface area contributed by atoms with E-state index in [2.05, 4.69) is 25.5 Å². The number of methoxy groups -OCH3 is 1. The molecule has 3 N–H and O–H groups in total. The van der Waals surface area contributed by atoms with Gasteiger partial charge in [0, 0.05) is 11.8 Å². The second-order valence-electron chi connectivity index (χ2n) is 6.46. The number of H-pyrrole nitrogens is 1. The SMILES string of the molecule is COc1cc(Nc2ncnc3[nH]nc(OCCO)c23)ccc1OCc1cccc(F)c1. The predicted molar refractivity (Wildman–Crippen MR) is 111 cm³/mol. The van der Waals surface area contributed by atoms with E-state index in [4.69, 9.17) is 19.3 Å². The molecule has 31 heavy (non-hydrogen) atoms. The minimum atomic E-state index is -0.314. The molecule has 4 rings (SSSR count). The molecule has 160 valence electrons. The normalized spacial score (nSPS) is 10.8. The maximum absolute atomic E-state index is 13.4. The molecule has 0 bridgehead atoms. The molecule has 2 aromatic heterocycles. The van der Waals surface area contributed by atoms with Crippen LogP contribution in [0.5, 0.6) is 17.4 Å². The fourth-order valence-electron chi connectivity index (χ4n) is 2.96. The van der Waals surface area contributed by atoms with Crippen LogP contribution in [0.15, 0.2) is 48.8 Å². The number of aliphatic hydroxyl groups excluding tert-OH is 1. The lowest BCUT2D eigenvalue weighted by atomic mass is 10.2. The number of anilines is 2. The van der Waals surface area contributed by atoms with Crippen LogP contribution >= 0.6 is 0 Å². The Labute approximate surface area is 176 Å². The molecule has 2 heterocycles. The number of hydrogen-bond donors (Lipinski definition) is 3. The minimum Gasteiger partial charge on any atom is -0.493 e. The lowest BCUT2D eigenvalue weighted by molar-refractivity contribution is 0.198. The molecular weight excluding hydrogens is 405 g/mol. The third-order valence-corrected chi connectivity index (χ3v) is 4.36. The number of fused-ring (bicyclic) bond motifs is 1. The first-order valence-corrected chi connectivity index (χ1v) is 9.43. The molecule has 0 radical (unpaired) electrons. The highest BCUT2D eigenvalue weighted by Gasteiger charge is 2.15. The highest BCUT2D eigenvalue weighted by molar-refractivity contribution is 5.92. The van der Waals surface area contributed by atoms with Gasteiger partial charge in [-0.25, -0.2) is 14.4 Å². The smallest absolute Gasteiger partial charge is 0.246 e. The van der Waals surface area contributed by atoms with E-state index < -0.39 is 0 Å². The van der Waals surface area contributed by atoms with Gasteiger partial charge in [-0.2, -0.15) is 0 Å². The molecule has 0 spiro atoms. The lowest BCUT2D eigenvalue weighted by Crippen LogP contribution is -2.03. The van der Waals surface area contributed by atoms with Gasteiger partial charge in [-0.1, -0.05) is 12.1 Å². The van der Waals surface area contributed by atoms with Crippen LogP contribution in [0.1, 0.15) is 5.56 Å². The molecular formula is C21H20FN5O4. The number of ether oxygens (including phenoxy) is 3. The molecule has 10 heteroatoms. The van der Waals surface area contributed by atoms with Gasteiger partial charge in [0.05, 0.1) is 13.7 Å². The molecule has 9 nitrogen and oxygen atoms in total. The van der Waals surface area contributed by atoms with Crippen molar-refractivity contribution in [2.45, 2.75) is 6.61 Å². The molecule has 0 saturated heterocycles. The van der Waals surface area contributed by atoms with E-state index in [1.807, 2.05) is 0 Å². The third-order valence-electron chi connectivity index (χ3n) is 4.36. The monoisotopic (exact) mass is 425 g/mol. The summed E-state index contributed by atoms with van der Waals surface area (Å²) < 4.78 is 30.0. The van der Waals surface area contributed by atoms with Crippen LogP contribution in [0.3, 0.4) is 0 Å². The average molecular weight is 425 g/mol. The van der Waals surface area contributed by atoms with Crippen molar-refractivity contribution in [2.24, 2.45) is 0 Å². The van der Waals surface area contributed by atoms with Crippen LogP contribution in [-0.4, -0.2) is 45.6 Å². The Morgan fingerprint density at radius 3 is 2.81 bits per heavy atom. The van der Waals surface area contributed by atoms with E-state index in [1.165, 1.54) is 25.6 Å². The molecule has 0 amide bonds. The zero-order valence-electron chi connectivity index (χ0n) is 16.6. The minimum absolute atomic E-state index is 0.0967. The van der Waals surface area contributed by atoms with E-state index in [9.17, 15) is 4.39 Å². The van der Waals surface area contributed by atoms with Gasteiger partial charge in [-0.15, -0.1) is 5.10 Å². The second kappa shape index (κ2) is 9.26. The summed E-state index contributed by atoms with van der Waals surface area (Å²) in [6.07, 6.45) is 1.40. The Balaban J connectivity index is 1.55. The lowest BCUT2D eigenvalue weighted by Gasteiger charge is -2.13. The number of hydrogen-bond acceptors (Lipinski definition) is 8. The highest BCUT2D eigenvalue weighted by atomic mass is 19.1. The molecule has 0 atom stereocenters. The summed E-state index contributed by atoms with van der Waals surface area (Å²) in [6, 6.07) is 11.5. The number of aliphatic hydroxyl groups is 1. The molecule has 0 unspecified atom stereocenters. The Bertz CT molecular complexity index is 1180. The zero-order chi connectivity index (χ0) is 21.6. The number of benzene rings is 2. The molecule has 0 aliphatic heterocycles. The van der Waals surface area contributed by atoms with Crippen molar-refractivity contribution in [3.8, 4) is 17.4 Å². The highest BCUT2D eigenvalue weighted by Crippen LogP contribution is 2.34. The van der Waals surface area contributed by atoms with E-state index in [1.54, 1.807) is 30.3 Å². The van der Waals surface area contributed by atoms with Crippen molar-refractivity contribution in [3.05, 3.63) is 60.2 Å². The van der Waals surface area contributed by atoms with Crippen LogP contribution in [0.25, 0.3) is 11.0 Å². The summed E-state index contributed by atoms with van der Waals surface area (Å²) in [5.41, 5.74) is 1.89. The van der Waals surface area contributed by atoms with Crippen molar-refractivity contribution in [1.29, 1.82) is 0 Å². The molecule has 2 aromatic carbocycles. The summed E-state index contributed by atoms with van der Waals surface area (Å²) in [6.45, 7) is 0.159. The van der Waals surface area contributed by atoms with Crippen LogP contribution < -0.4 is 19.5 Å². The predicted octanol–water partition coefficient (Wildman–Crippen LogP) is 3.19. The maximum Gasteiger partial charge on any atom is 0.246 e. The fraction of sp³-hybridized carbons (Fsp3) is 0.190. The van der Waals surface area contributed by atoms with E-state index in [-0.39, 0.29) is 31.5 Å². The number of rotatable bonds is 9. The average Bonchev–Trinajstić information content (AvgIpc) is 3.21. The first-order valence-electron chi connectivity index (χ1n) is 9.43.